The molecule has 4 rings (SSSR count). The molecule has 0 bridgehead atoms. The van der Waals surface area contributed by atoms with Crippen LogP contribution in [0.3, 0.4) is 0 Å². The molecule has 0 aliphatic carbocycles. The maximum atomic E-state index is 12.9. The van der Waals surface area contributed by atoms with E-state index >= 15 is 0 Å². The third-order valence-electron chi connectivity index (χ3n) is 5.06. The highest BCUT2D eigenvalue weighted by atomic mass is 16.5. The smallest absolute Gasteiger partial charge is 0.329 e. The maximum Gasteiger partial charge on any atom is 0.329 e. The summed E-state index contributed by atoms with van der Waals surface area (Å²) < 4.78 is 5.67. The number of fused-ring (bicyclic) bond motifs is 1. The third-order valence-corrected chi connectivity index (χ3v) is 5.06. The average Bonchev–Trinajstić information content (AvgIpc) is 2.74. The number of hydrogen-bond acceptors (Lipinski definition) is 3. The molecule has 0 spiro atoms. The largest absolute Gasteiger partial charge is 0.459 e. The Balaban J connectivity index is 1.55. The number of carbonyl (C=O) groups excluding carboxylic acids is 1. The molecule has 1 heterocycles. The lowest BCUT2D eigenvalue weighted by Crippen LogP contribution is -2.45. The van der Waals surface area contributed by atoms with Crippen molar-refractivity contribution < 1.29 is 9.53 Å². The van der Waals surface area contributed by atoms with Gasteiger partial charge in [-0.25, -0.2) is 4.79 Å². The van der Waals surface area contributed by atoms with Crippen molar-refractivity contribution in [2.45, 2.75) is 32.0 Å². The Morgan fingerprint density at radius 2 is 1.48 bits per heavy atom. The van der Waals surface area contributed by atoms with Crippen LogP contribution in [0.25, 0.3) is 0 Å². The number of aryl methyl sites for hydroxylation is 1. The third kappa shape index (κ3) is 4.03. The van der Waals surface area contributed by atoms with Crippen molar-refractivity contribution in [1.82, 2.24) is 0 Å². The number of benzene rings is 3. The zero-order chi connectivity index (χ0) is 18.5. The van der Waals surface area contributed by atoms with Gasteiger partial charge in [-0.05, 0) is 35.6 Å². The summed E-state index contributed by atoms with van der Waals surface area (Å²) >= 11 is 0. The monoisotopic (exact) mass is 357 g/mol. The minimum Gasteiger partial charge on any atom is -0.459 e. The van der Waals surface area contributed by atoms with E-state index in [2.05, 4.69) is 35.2 Å². The molecule has 3 nitrogen and oxygen atoms in total. The van der Waals surface area contributed by atoms with Gasteiger partial charge in [0.05, 0.1) is 0 Å². The normalized spacial score (nSPS) is 15.9. The first-order valence-electron chi connectivity index (χ1n) is 9.40. The minimum atomic E-state index is -0.260. The SMILES string of the molecule is O=C(OCc1ccccc1)C1CCc2ccccc2N1Cc1ccccc1. The van der Waals surface area contributed by atoms with Crippen molar-refractivity contribution in [1.29, 1.82) is 0 Å². The number of carbonyl (C=O) groups is 1. The lowest BCUT2D eigenvalue weighted by Gasteiger charge is -2.37. The quantitative estimate of drug-likeness (QED) is 0.617. The number of para-hydroxylation sites is 1. The molecule has 0 radical (unpaired) electrons. The Labute approximate surface area is 160 Å². The molecule has 0 saturated carbocycles. The van der Waals surface area contributed by atoms with Gasteiger partial charge in [-0.15, -0.1) is 0 Å². The van der Waals surface area contributed by atoms with Crippen molar-refractivity contribution in [3.63, 3.8) is 0 Å². The Hall–Kier alpha value is -3.07. The number of nitrogens with zero attached hydrogens (tertiary/aromatic N) is 1. The molecule has 136 valence electrons. The Morgan fingerprint density at radius 3 is 2.22 bits per heavy atom. The van der Waals surface area contributed by atoms with E-state index < -0.39 is 0 Å². The van der Waals surface area contributed by atoms with Gasteiger partial charge in [0.25, 0.3) is 0 Å². The lowest BCUT2D eigenvalue weighted by atomic mass is 9.95. The van der Waals surface area contributed by atoms with Crippen LogP contribution in [0, 0.1) is 0 Å². The van der Waals surface area contributed by atoms with Gasteiger partial charge >= 0.3 is 5.97 Å². The second-order valence-corrected chi connectivity index (χ2v) is 6.89. The molecule has 3 aromatic rings. The Morgan fingerprint density at radius 1 is 0.852 bits per heavy atom. The molecule has 1 aliphatic heterocycles. The van der Waals surface area contributed by atoms with Crippen LogP contribution in [-0.4, -0.2) is 12.0 Å². The van der Waals surface area contributed by atoms with Crippen LogP contribution in [-0.2, 0) is 29.1 Å². The number of esters is 1. The molecule has 1 atom stereocenters. The zero-order valence-electron chi connectivity index (χ0n) is 15.3. The first-order chi connectivity index (χ1) is 13.3. The minimum absolute atomic E-state index is 0.149. The maximum absolute atomic E-state index is 12.9. The zero-order valence-corrected chi connectivity index (χ0v) is 15.3. The summed E-state index contributed by atoms with van der Waals surface area (Å²) in [5.41, 5.74) is 4.63. The van der Waals surface area contributed by atoms with E-state index in [-0.39, 0.29) is 12.0 Å². The molecule has 0 saturated heterocycles. The highest BCUT2D eigenvalue weighted by molar-refractivity contribution is 5.81. The van der Waals surface area contributed by atoms with E-state index in [9.17, 15) is 4.79 Å². The second-order valence-electron chi connectivity index (χ2n) is 6.89. The molecule has 0 N–H and O–H groups in total. The van der Waals surface area contributed by atoms with Crippen LogP contribution < -0.4 is 4.90 Å². The molecule has 3 aromatic carbocycles. The van der Waals surface area contributed by atoms with Gasteiger partial charge in [0, 0.05) is 12.2 Å². The lowest BCUT2D eigenvalue weighted by molar-refractivity contribution is -0.147. The van der Waals surface area contributed by atoms with Gasteiger partial charge in [0.15, 0.2) is 0 Å². The highest BCUT2D eigenvalue weighted by Crippen LogP contribution is 2.32. The van der Waals surface area contributed by atoms with Crippen LogP contribution in [0.1, 0.15) is 23.1 Å². The average molecular weight is 357 g/mol. The first kappa shape index (κ1) is 17.3. The van der Waals surface area contributed by atoms with Crippen molar-refractivity contribution in [3.8, 4) is 0 Å². The van der Waals surface area contributed by atoms with E-state index in [1.54, 1.807) is 0 Å². The fourth-order valence-electron chi connectivity index (χ4n) is 3.66. The molecule has 27 heavy (non-hydrogen) atoms. The summed E-state index contributed by atoms with van der Waals surface area (Å²) in [6.45, 7) is 1.01. The number of rotatable bonds is 5. The highest BCUT2D eigenvalue weighted by Gasteiger charge is 2.32. The van der Waals surface area contributed by atoms with Crippen LogP contribution in [0.15, 0.2) is 84.9 Å². The van der Waals surface area contributed by atoms with Gasteiger partial charge in [0.1, 0.15) is 12.6 Å². The topological polar surface area (TPSA) is 29.5 Å². The van der Waals surface area contributed by atoms with Gasteiger partial charge in [0.2, 0.25) is 0 Å². The molecular formula is C24H23NO2. The molecule has 0 amide bonds. The Kier molecular flexibility index (Phi) is 5.20. The molecule has 1 aliphatic rings. The van der Waals surface area contributed by atoms with Crippen LogP contribution in [0.4, 0.5) is 5.69 Å². The van der Waals surface area contributed by atoms with Crippen LogP contribution >= 0.6 is 0 Å². The first-order valence-corrected chi connectivity index (χ1v) is 9.40. The summed E-state index contributed by atoms with van der Waals surface area (Å²) in [5, 5.41) is 0. The molecule has 0 fully saturated rings. The van der Waals surface area contributed by atoms with Gasteiger partial charge in [-0.2, -0.15) is 0 Å². The molecule has 0 aromatic heterocycles. The van der Waals surface area contributed by atoms with Gasteiger partial charge < -0.3 is 9.64 Å². The van der Waals surface area contributed by atoms with Gasteiger partial charge in [-0.1, -0.05) is 78.9 Å². The summed E-state index contributed by atoms with van der Waals surface area (Å²) in [6, 6.07) is 28.2. The van der Waals surface area contributed by atoms with Crippen molar-refractivity contribution in [3.05, 3.63) is 102 Å². The summed E-state index contributed by atoms with van der Waals surface area (Å²) in [5.74, 6) is -0.149. The van der Waals surface area contributed by atoms with E-state index in [1.807, 2.05) is 54.6 Å². The molecule has 1 unspecified atom stereocenters. The summed E-state index contributed by atoms with van der Waals surface area (Å²) in [4.78, 5) is 15.1. The predicted molar refractivity (Wildman–Crippen MR) is 107 cm³/mol. The van der Waals surface area contributed by atoms with E-state index in [1.165, 1.54) is 11.1 Å². The van der Waals surface area contributed by atoms with Crippen molar-refractivity contribution >= 4 is 11.7 Å². The van der Waals surface area contributed by atoms with Crippen LogP contribution in [0.2, 0.25) is 0 Å². The van der Waals surface area contributed by atoms with Gasteiger partial charge in [-0.3, -0.25) is 0 Å². The van der Waals surface area contributed by atoms with E-state index in [0.717, 1.165) is 24.1 Å². The summed E-state index contributed by atoms with van der Waals surface area (Å²) in [6.07, 6.45) is 1.67. The van der Waals surface area contributed by atoms with E-state index in [4.69, 9.17) is 4.74 Å². The molecular weight excluding hydrogens is 334 g/mol. The number of hydrogen-bond donors (Lipinski definition) is 0. The van der Waals surface area contributed by atoms with Crippen molar-refractivity contribution in [2.24, 2.45) is 0 Å². The number of ether oxygens (including phenoxy) is 1. The summed E-state index contributed by atoms with van der Waals surface area (Å²) in [7, 11) is 0. The van der Waals surface area contributed by atoms with Crippen molar-refractivity contribution in [2.75, 3.05) is 4.90 Å². The second kappa shape index (κ2) is 8.09. The Bertz CT molecular complexity index is 893. The fraction of sp³-hybridized carbons (Fsp3) is 0.208. The number of anilines is 1. The van der Waals surface area contributed by atoms with E-state index in [0.29, 0.717) is 13.2 Å². The predicted octanol–water partition coefficient (Wildman–Crippen LogP) is 4.75. The standard InChI is InChI=1S/C24H23NO2/c26-24(27-18-20-11-5-2-6-12-20)23-16-15-21-13-7-8-14-22(21)25(23)17-19-9-3-1-4-10-19/h1-14,23H,15-18H2. The molecule has 3 heteroatoms. The van der Waals surface area contributed by atoms with Crippen LogP contribution in [0.5, 0.6) is 0 Å². The fourth-order valence-corrected chi connectivity index (χ4v) is 3.66.